The maximum absolute atomic E-state index is 13.5. The van der Waals surface area contributed by atoms with Crippen LogP contribution in [0.2, 0.25) is 5.02 Å². The smallest absolute Gasteiger partial charge is 0.239 e. The minimum absolute atomic E-state index is 0.0566. The summed E-state index contributed by atoms with van der Waals surface area (Å²) in [5.74, 6) is -0.139. The molecule has 8 nitrogen and oxygen atoms in total. The third-order valence-electron chi connectivity index (χ3n) is 5.06. The fourth-order valence-electron chi connectivity index (χ4n) is 3.32. The number of fused-ring (bicyclic) bond motifs is 1. The van der Waals surface area contributed by atoms with Gasteiger partial charge in [-0.05, 0) is 29.6 Å². The van der Waals surface area contributed by atoms with Crippen molar-refractivity contribution in [3.8, 4) is 11.1 Å². The largest absolute Gasteiger partial charge is 0.397 e. The zero-order valence-corrected chi connectivity index (χ0v) is 24.1. The molecule has 4 rings (SSSR count). The van der Waals surface area contributed by atoms with Gasteiger partial charge in [0.15, 0.2) is 0 Å². The van der Waals surface area contributed by atoms with E-state index >= 15 is 0 Å². The molecule has 12 heteroatoms. The van der Waals surface area contributed by atoms with Crippen molar-refractivity contribution in [2.24, 2.45) is 5.73 Å². The second kappa shape index (κ2) is 14.3. The Morgan fingerprint density at radius 2 is 1.86 bits per heavy atom. The number of rotatable bonds is 5. The number of anilines is 2. The lowest BCUT2D eigenvalue weighted by molar-refractivity contribution is -0.120. The van der Waals surface area contributed by atoms with Gasteiger partial charge in [0.1, 0.15) is 11.3 Å². The number of halogens is 4. The average Bonchev–Trinajstić information content (AvgIpc) is 2.92. The van der Waals surface area contributed by atoms with E-state index in [9.17, 15) is 9.18 Å². The first-order valence-corrected chi connectivity index (χ1v) is 14.1. The predicted octanol–water partition coefficient (Wildman–Crippen LogP) is 5.50. The highest BCUT2D eigenvalue weighted by Crippen LogP contribution is 2.34. The first-order valence-electron chi connectivity index (χ1n) is 11.2. The number of carbonyl (C=O) groups excluding carboxylic acids is 1. The molecule has 194 valence electrons. The Morgan fingerprint density at radius 1 is 1.19 bits per heavy atom. The molecule has 0 spiro atoms. The predicted molar refractivity (Wildman–Crippen MR) is 156 cm³/mol. The second-order valence-corrected chi connectivity index (χ2v) is 8.10. The van der Waals surface area contributed by atoms with E-state index in [1.165, 1.54) is 13.1 Å². The summed E-state index contributed by atoms with van der Waals surface area (Å²) < 4.78 is 13.5. The molecule has 3 aromatic rings. The van der Waals surface area contributed by atoms with Gasteiger partial charge in [0.05, 0.1) is 28.5 Å². The number of pyridine rings is 1. The molecule has 0 aliphatic carbocycles. The molecular weight excluding hydrogens is 619 g/mol. The Kier molecular flexibility index (Phi) is 11.9. The molecular formula is C24H29Cl2FIN7O. The number of alkyl halides is 2. The number of amides is 1. The van der Waals surface area contributed by atoms with Crippen LogP contribution >= 0.6 is 45.8 Å². The molecule has 1 unspecified atom stereocenters. The molecule has 2 aromatic heterocycles. The minimum atomic E-state index is -0.990. The number of nitrogens with two attached hydrogens (primary N) is 1. The summed E-state index contributed by atoms with van der Waals surface area (Å²) in [7, 11) is 0. The Labute approximate surface area is 234 Å². The van der Waals surface area contributed by atoms with Crippen LogP contribution in [0.25, 0.3) is 22.0 Å². The number of benzene rings is 1. The average molecular weight is 648 g/mol. The molecule has 1 saturated heterocycles. The topological polar surface area (TPSA) is 109 Å². The fourth-order valence-corrected chi connectivity index (χ4v) is 3.78. The number of nitrogens with one attached hydrogen (secondary N) is 2. The van der Waals surface area contributed by atoms with E-state index in [1.807, 2.05) is 41.9 Å². The molecule has 1 fully saturated rings. The summed E-state index contributed by atoms with van der Waals surface area (Å²) in [6.45, 7) is 6.66. The monoisotopic (exact) mass is 647 g/mol. The molecule has 0 saturated carbocycles. The van der Waals surface area contributed by atoms with E-state index in [2.05, 4.69) is 48.2 Å². The van der Waals surface area contributed by atoms with Gasteiger partial charge in [0, 0.05) is 42.6 Å². The molecule has 36 heavy (non-hydrogen) atoms. The molecule has 4 N–H and O–H groups in total. The second-order valence-electron chi connectivity index (χ2n) is 7.25. The van der Waals surface area contributed by atoms with Gasteiger partial charge in [-0.2, -0.15) is 0 Å². The maximum Gasteiger partial charge on any atom is 0.239 e. The lowest BCUT2D eigenvalue weighted by Gasteiger charge is -2.26. The van der Waals surface area contributed by atoms with Gasteiger partial charge in [0.25, 0.3) is 0 Å². The van der Waals surface area contributed by atoms with Crippen LogP contribution in [0.15, 0.2) is 48.3 Å². The zero-order chi connectivity index (χ0) is 26.8. The highest BCUT2D eigenvalue weighted by atomic mass is 127. The highest BCUT2D eigenvalue weighted by molar-refractivity contribution is 14.1. The van der Waals surface area contributed by atoms with Crippen molar-refractivity contribution in [1.29, 1.82) is 0 Å². The molecule has 3 heterocycles. The van der Waals surface area contributed by atoms with Gasteiger partial charge >= 0.3 is 0 Å². The Morgan fingerprint density at radius 3 is 2.47 bits per heavy atom. The number of carbonyl (C=O) groups is 1. The van der Waals surface area contributed by atoms with Crippen molar-refractivity contribution >= 4 is 74.2 Å². The van der Waals surface area contributed by atoms with Crippen LogP contribution in [0.4, 0.5) is 16.0 Å². The van der Waals surface area contributed by atoms with Gasteiger partial charge in [0.2, 0.25) is 11.9 Å². The first-order chi connectivity index (χ1) is 17.3. The molecule has 1 amide bonds. The maximum atomic E-state index is 13.5. The molecule has 1 aliphatic heterocycles. The van der Waals surface area contributed by atoms with Crippen LogP contribution in [0.1, 0.15) is 20.8 Å². The number of nitrogens with zero attached hydrogens (tertiary/aromatic N) is 4. The van der Waals surface area contributed by atoms with Crippen molar-refractivity contribution in [1.82, 2.24) is 20.3 Å². The van der Waals surface area contributed by atoms with Gasteiger partial charge in [-0.1, -0.05) is 65.7 Å². The molecule has 1 aromatic carbocycles. The van der Waals surface area contributed by atoms with Gasteiger partial charge in [-0.3, -0.25) is 9.78 Å². The quantitative estimate of drug-likeness (QED) is 0.191. The molecule has 0 bridgehead atoms. The van der Waals surface area contributed by atoms with Gasteiger partial charge in [-0.25, -0.2) is 14.4 Å². The summed E-state index contributed by atoms with van der Waals surface area (Å²) in [6.07, 6.45) is 4.88. The fraction of sp³-hybridized carbons (Fsp3) is 0.333. The van der Waals surface area contributed by atoms with Crippen LogP contribution in [0, 0.1) is 0 Å². The third-order valence-corrected chi connectivity index (χ3v) is 5.69. The van der Waals surface area contributed by atoms with Crippen molar-refractivity contribution < 1.29 is 9.18 Å². The van der Waals surface area contributed by atoms with E-state index in [0.29, 0.717) is 40.7 Å². The summed E-state index contributed by atoms with van der Waals surface area (Å²) in [5, 5.41) is 6.74. The lowest BCUT2D eigenvalue weighted by atomic mass is 10.0. The lowest BCUT2D eigenvalue weighted by Crippen LogP contribution is -2.48. The van der Waals surface area contributed by atoms with Crippen molar-refractivity contribution in [2.45, 2.75) is 26.3 Å². The van der Waals surface area contributed by atoms with E-state index in [0.717, 1.165) is 11.1 Å². The summed E-state index contributed by atoms with van der Waals surface area (Å²) >= 11 is 14.7. The van der Waals surface area contributed by atoms with E-state index in [1.54, 1.807) is 12.4 Å². The number of piperazine rings is 1. The van der Waals surface area contributed by atoms with Crippen LogP contribution in [0.3, 0.4) is 0 Å². The Hall–Kier alpha value is -2.44. The van der Waals surface area contributed by atoms with E-state index in [4.69, 9.17) is 28.9 Å². The Bertz CT molecular complexity index is 1210. The number of aromatic nitrogens is 3. The van der Waals surface area contributed by atoms with Crippen LogP contribution in [-0.2, 0) is 4.79 Å². The normalized spacial score (nSPS) is 14.4. The summed E-state index contributed by atoms with van der Waals surface area (Å²) in [4.78, 5) is 28.6. The number of hydrogen-bond donors (Lipinski definition) is 3. The van der Waals surface area contributed by atoms with Gasteiger partial charge < -0.3 is 21.3 Å². The zero-order valence-electron chi connectivity index (χ0n) is 20.4. The molecule has 0 radical (unpaired) electrons. The third kappa shape index (κ3) is 7.30. The molecule has 1 aliphatic rings. The number of allylic oxidation sites excluding steroid dienone is 1. The van der Waals surface area contributed by atoms with E-state index < -0.39 is 11.3 Å². The van der Waals surface area contributed by atoms with Crippen molar-refractivity contribution in [3.05, 3.63) is 53.3 Å². The van der Waals surface area contributed by atoms with Crippen molar-refractivity contribution in [3.63, 3.8) is 0 Å². The van der Waals surface area contributed by atoms with Crippen molar-refractivity contribution in [2.75, 3.05) is 34.8 Å². The minimum Gasteiger partial charge on any atom is -0.397 e. The van der Waals surface area contributed by atoms with Crippen LogP contribution in [0.5, 0.6) is 0 Å². The van der Waals surface area contributed by atoms with E-state index in [-0.39, 0.29) is 18.1 Å². The highest BCUT2D eigenvalue weighted by Gasteiger charge is 2.19. The molecule has 1 atom stereocenters. The van der Waals surface area contributed by atoms with Gasteiger partial charge in [-0.15, -0.1) is 0 Å². The first kappa shape index (κ1) is 29.8. The Balaban J connectivity index is 0.00000109. The SMILES string of the molecule is C/C(F)=C(\N)C(Cl)Nc1c(Cl)cnc2ccc(-c3cnc(N4CCNC(=O)C4)nc3)cc12.CC.CI. The standard InChI is InChI=1S/C21H20Cl2FN7O.C2H6.CH3I/c1-11(24)18(25)20(23)30-19-14-6-12(2-3-16(14)27-9-15(19)22)13-7-28-21(29-8-13)31-5-4-26-17(32)10-31;2*1-2/h2-3,6-9,20H,4-5,10,25H2,1H3,(H,26,32)(H,27,30);1-2H3;1H3/b18-11+;;. The number of hydrogen-bond acceptors (Lipinski definition) is 7. The summed E-state index contributed by atoms with van der Waals surface area (Å²) in [6, 6.07) is 5.59. The van der Waals surface area contributed by atoms with Crippen LogP contribution in [-0.4, -0.2) is 50.9 Å². The summed E-state index contributed by atoms with van der Waals surface area (Å²) in [5.41, 5.74) is 7.34. The van der Waals surface area contributed by atoms with Crippen LogP contribution < -0.4 is 21.3 Å².